The van der Waals surface area contributed by atoms with Gasteiger partial charge in [-0.15, -0.1) is 22.7 Å². The zero-order valence-corrected chi connectivity index (χ0v) is 15.7. The van der Waals surface area contributed by atoms with Crippen LogP contribution in [-0.2, 0) is 11.2 Å². The van der Waals surface area contributed by atoms with Gasteiger partial charge in [0, 0.05) is 22.7 Å². The van der Waals surface area contributed by atoms with Gasteiger partial charge in [-0.2, -0.15) is 0 Å². The lowest BCUT2D eigenvalue weighted by atomic mass is 9.86. The number of thiophene rings is 2. The molecule has 0 radical (unpaired) electrons. The van der Waals surface area contributed by atoms with Crippen LogP contribution < -0.4 is 0 Å². The molecule has 24 heavy (non-hydrogen) atoms. The summed E-state index contributed by atoms with van der Waals surface area (Å²) in [5, 5.41) is 4.31. The summed E-state index contributed by atoms with van der Waals surface area (Å²) in [7, 11) is 0. The summed E-state index contributed by atoms with van der Waals surface area (Å²) in [4.78, 5) is 17.9. The predicted molar refractivity (Wildman–Crippen MR) is 102 cm³/mol. The van der Waals surface area contributed by atoms with Crippen molar-refractivity contribution < 1.29 is 4.79 Å². The second-order valence-corrected chi connectivity index (χ2v) is 9.08. The van der Waals surface area contributed by atoms with Crippen molar-refractivity contribution in [3.63, 3.8) is 0 Å². The van der Waals surface area contributed by atoms with Crippen molar-refractivity contribution in [3.8, 4) is 0 Å². The number of carbonyl (C=O) groups is 1. The van der Waals surface area contributed by atoms with Crippen molar-refractivity contribution in [2.45, 2.75) is 57.4 Å². The minimum absolute atomic E-state index is 0.152. The van der Waals surface area contributed by atoms with Gasteiger partial charge in [0.05, 0.1) is 6.04 Å². The number of fused-ring (bicyclic) bond motifs is 1. The Hall–Kier alpha value is -1.13. The lowest BCUT2D eigenvalue weighted by Gasteiger charge is -2.36. The molecule has 1 amide bonds. The Morgan fingerprint density at radius 1 is 1.12 bits per heavy atom. The molecule has 1 atom stereocenters. The number of hydrogen-bond acceptors (Lipinski definition) is 3. The first-order valence-corrected chi connectivity index (χ1v) is 11.0. The standard InChI is InChI=1S/C20H25NOS2/c22-19(9-8-15-5-2-1-3-6-15)21-12-10-17-16(11-14-24-17)20(21)18-7-4-13-23-18/h4,7,11,13-15,20H,1-3,5-6,8-10,12H2/t20-/m1/s1. The SMILES string of the molecule is O=C(CCC1CCCCC1)N1CCc2sccc2[C@@H]1c1cccs1. The molecule has 1 saturated carbocycles. The van der Waals surface area contributed by atoms with Crippen LogP contribution in [0.4, 0.5) is 0 Å². The van der Waals surface area contributed by atoms with Crippen molar-refractivity contribution in [1.29, 1.82) is 0 Å². The molecule has 128 valence electrons. The van der Waals surface area contributed by atoms with Crippen LogP contribution >= 0.6 is 22.7 Å². The molecular weight excluding hydrogens is 334 g/mol. The van der Waals surface area contributed by atoms with Crippen molar-refractivity contribution in [1.82, 2.24) is 4.90 Å². The van der Waals surface area contributed by atoms with E-state index >= 15 is 0 Å². The van der Waals surface area contributed by atoms with Gasteiger partial charge in [-0.1, -0.05) is 38.2 Å². The third-order valence-corrected chi connectivity index (χ3v) is 7.51. The Labute approximate surface area is 152 Å². The van der Waals surface area contributed by atoms with Crippen LogP contribution in [0.15, 0.2) is 29.0 Å². The Morgan fingerprint density at radius 3 is 2.79 bits per heavy atom. The van der Waals surface area contributed by atoms with E-state index in [0.717, 1.165) is 31.7 Å². The highest BCUT2D eigenvalue weighted by molar-refractivity contribution is 7.10. The third kappa shape index (κ3) is 3.31. The molecule has 2 aromatic rings. The first kappa shape index (κ1) is 16.3. The molecule has 0 unspecified atom stereocenters. The quantitative estimate of drug-likeness (QED) is 0.691. The van der Waals surface area contributed by atoms with Crippen LogP contribution in [0.1, 0.15) is 66.3 Å². The molecule has 2 nitrogen and oxygen atoms in total. The van der Waals surface area contributed by atoms with Gasteiger partial charge in [-0.3, -0.25) is 4.79 Å². The second kappa shape index (κ2) is 7.40. The first-order valence-electron chi connectivity index (χ1n) is 9.22. The average Bonchev–Trinajstić information content (AvgIpc) is 3.31. The third-order valence-electron chi connectivity index (χ3n) is 5.59. The molecule has 1 fully saturated rings. The van der Waals surface area contributed by atoms with E-state index < -0.39 is 0 Å². The fraction of sp³-hybridized carbons (Fsp3) is 0.550. The maximum absolute atomic E-state index is 13.0. The zero-order valence-electron chi connectivity index (χ0n) is 14.1. The molecule has 4 rings (SSSR count). The molecule has 0 bridgehead atoms. The molecule has 4 heteroatoms. The van der Waals surface area contributed by atoms with E-state index in [4.69, 9.17) is 0 Å². The maximum Gasteiger partial charge on any atom is 0.223 e. The highest BCUT2D eigenvalue weighted by atomic mass is 32.1. The van der Waals surface area contributed by atoms with Crippen LogP contribution in [0.25, 0.3) is 0 Å². The average molecular weight is 360 g/mol. The minimum atomic E-state index is 0.152. The van der Waals surface area contributed by atoms with Crippen molar-refractivity contribution >= 4 is 28.6 Å². The summed E-state index contributed by atoms with van der Waals surface area (Å²) < 4.78 is 0. The Bertz CT molecular complexity index is 670. The Balaban J connectivity index is 1.49. The minimum Gasteiger partial charge on any atom is -0.330 e. The molecule has 0 saturated heterocycles. The van der Waals surface area contributed by atoms with E-state index in [1.54, 1.807) is 11.3 Å². The predicted octanol–water partition coefficient (Wildman–Crippen LogP) is 5.64. The molecule has 0 spiro atoms. The molecule has 1 aliphatic carbocycles. The number of carbonyl (C=O) groups excluding carboxylic acids is 1. The molecule has 2 aliphatic rings. The van der Waals surface area contributed by atoms with Crippen molar-refractivity contribution in [2.75, 3.05) is 6.54 Å². The van der Waals surface area contributed by atoms with E-state index in [9.17, 15) is 4.79 Å². The van der Waals surface area contributed by atoms with E-state index in [-0.39, 0.29) is 6.04 Å². The summed E-state index contributed by atoms with van der Waals surface area (Å²) in [5.74, 6) is 1.14. The van der Waals surface area contributed by atoms with Crippen LogP contribution in [0.3, 0.4) is 0 Å². The van der Waals surface area contributed by atoms with Crippen molar-refractivity contribution in [2.24, 2.45) is 5.92 Å². The van der Waals surface area contributed by atoms with Crippen LogP contribution in [0.5, 0.6) is 0 Å². The van der Waals surface area contributed by atoms with Gasteiger partial charge >= 0.3 is 0 Å². The fourth-order valence-electron chi connectivity index (χ4n) is 4.29. The number of hydrogen-bond donors (Lipinski definition) is 0. The molecular formula is C20H25NOS2. The molecule has 2 aromatic heterocycles. The van der Waals surface area contributed by atoms with Crippen LogP contribution in [-0.4, -0.2) is 17.4 Å². The number of nitrogens with zero attached hydrogens (tertiary/aromatic N) is 1. The topological polar surface area (TPSA) is 20.3 Å². The first-order chi connectivity index (χ1) is 11.8. The smallest absolute Gasteiger partial charge is 0.223 e. The number of rotatable bonds is 4. The van der Waals surface area contributed by atoms with Gasteiger partial charge in [-0.05, 0) is 47.2 Å². The summed E-state index contributed by atoms with van der Waals surface area (Å²) in [6.07, 6.45) is 9.60. The lowest BCUT2D eigenvalue weighted by molar-refractivity contribution is -0.133. The monoisotopic (exact) mass is 359 g/mol. The van der Waals surface area contributed by atoms with E-state index in [1.807, 2.05) is 11.3 Å². The fourth-order valence-corrected chi connectivity index (χ4v) is 6.04. The van der Waals surface area contributed by atoms with Crippen LogP contribution in [0.2, 0.25) is 0 Å². The van der Waals surface area contributed by atoms with E-state index in [1.165, 1.54) is 47.4 Å². The van der Waals surface area contributed by atoms with Crippen LogP contribution in [0, 0.1) is 5.92 Å². The second-order valence-electron chi connectivity index (χ2n) is 7.10. The molecule has 0 N–H and O–H groups in total. The summed E-state index contributed by atoms with van der Waals surface area (Å²) in [5.41, 5.74) is 1.36. The van der Waals surface area contributed by atoms with Gasteiger partial charge in [0.1, 0.15) is 0 Å². The lowest BCUT2D eigenvalue weighted by Crippen LogP contribution is -2.39. The van der Waals surface area contributed by atoms with Gasteiger partial charge < -0.3 is 4.90 Å². The van der Waals surface area contributed by atoms with Gasteiger partial charge in [-0.25, -0.2) is 0 Å². The molecule has 1 aliphatic heterocycles. The van der Waals surface area contributed by atoms with Crippen molar-refractivity contribution in [3.05, 3.63) is 44.3 Å². The largest absolute Gasteiger partial charge is 0.330 e. The van der Waals surface area contributed by atoms with E-state index in [2.05, 4.69) is 33.9 Å². The summed E-state index contributed by atoms with van der Waals surface area (Å²) >= 11 is 3.62. The number of amides is 1. The van der Waals surface area contributed by atoms with Gasteiger partial charge in [0.25, 0.3) is 0 Å². The van der Waals surface area contributed by atoms with E-state index in [0.29, 0.717) is 5.91 Å². The highest BCUT2D eigenvalue weighted by Crippen LogP contribution is 2.40. The highest BCUT2D eigenvalue weighted by Gasteiger charge is 2.33. The van der Waals surface area contributed by atoms with Gasteiger partial charge in [0.15, 0.2) is 0 Å². The summed E-state index contributed by atoms with van der Waals surface area (Å²) in [6, 6.07) is 6.67. The zero-order chi connectivity index (χ0) is 16.4. The van der Waals surface area contributed by atoms with Gasteiger partial charge in [0.2, 0.25) is 5.91 Å². The summed E-state index contributed by atoms with van der Waals surface area (Å²) in [6.45, 7) is 0.875. The molecule has 3 heterocycles. The Kier molecular flexibility index (Phi) is 5.04. The Morgan fingerprint density at radius 2 is 2.00 bits per heavy atom. The molecule has 0 aromatic carbocycles. The normalized spacial score (nSPS) is 21.7. The maximum atomic E-state index is 13.0.